The molecule has 0 aromatic heterocycles. The molecule has 0 fully saturated rings. The standard InChI is InChI=1S/C21H32N2O5/c1-14(2)12-16(23-20(26)28-21(3,4)5)18(24)22-17(19(25)27-6)13-15-10-8-7-9-11-15/h7-11,14,16-17H,12-13H2,1-6H3,(H,22,24)(H,23,26)/t16-,17-/m1/s1. The zero-order valence-corrected chi connectivity index (χ0v) is 17.6. The van der Waals surface area contributed by atoms with Crippen molar-refractivity contribution >= 4 is 18.0 Å². The van der Waals surface area contributed by atoms with Crippen LogP contribution in [0.2, 0.25) is 0 Å². The van der Waals surface area contributed by atoms with Crippen LogP contribution in [0, 0.1) is 5.92 Å². The number of alkyl carbamates (subject to hydrolysis) is 1. The number of amides is 2. The molecule has 0 saturated carbocycles. The van der Waals surface area contributed by atoms with Gasteiger partial charge in [-0.1, -0.05) is 44.2 Å². The highest BCUT2D eigenvalue weighted by Crippen LogP contribution is 2.11. The van der Waals surface area contributed by atoms with Crippen LogP contribution in [0.15, 0.2) is 30.3 Å². The van der Waals surface area contributed by atoms with E-state index in [9.17, 15) is 14.4 Å². The summed E-state index contributed by atoms with van der Waals surface area (Å²) >= 11 is 0. The molecule has 1 rings (SSSR count). The molecule has 0 unspecified atom stereocenters. The van der Waals surface area contributed by atoms with E-state index in [-0.39, 0.29) is 5.92 Å². The Labute approximate surface area is 167 Å². The van der Waals surface area contributed by atoms with Crippen LogP contribution in [0.1, 0.15) is 46.6 Å². The molecule has 2 atom stereocenters. The first kappa shape index (κ1) is 23.5. The highest BCUT2D eigenvalue weighted by atomic mass is 16.6. The summed E-state index contributed by atoms with van der Waals surface area (Å²) in [5.74, 6) is -0.847. The molecule has 7 nitrogen and oxygen atoms in total. The van der Waals surface area contributed by atoms with E-state index in [0.29, 0.717) is 12.8 Å². The predicted octanol–water partition coefficient (Wildman–Crippen LogP) is 2.83. The van der Waals surface area contributed by atoms with Gasteiger partial charge in [0, 0.05) is 6.42 Å². The fourth-order valence-electron chi connectivity index (χ4n) is 2.61. The van der Waals surface area contributed by atoms with Gasteiger partial charge in [0.15, 0.2) is 0 Å². The van der Waals surface area contributed by atoms with E-state index in [1.807, 2.05) is 44.2 Å². The van der Waals surface area contributed by atoms with E-state index in [2.05, 4.69) is 10.6 Å². The summed E-state index contributed by atoms with van der Waals surface area (Å²) in [5.41, 5.74) is 0.212. The lowest BCUT2D eigenvalue weighted by atomic mass is 10.0. The quantitative estimate of drug-likeness (QED) is 0.664. The molecule has 156 valence electrons. The fraction of sp³-hybridized carbons (Fsp3) is 0.571. The average Bonchev–Trinajstić information content (AvgIpc) is 2.58. The van der Waals surface area contributed by atoms with Gasteiger partial charge in [-0.25, -0.2) is 9.59 Å². The minimum atomic E-state index is -0.852. The van der Waals surface area contributed by atoms with E-state index in [4.69, 9.17) is 9.47 Å². The van der Waals surface area contributed by atoms with Crippen molar-refractivity contribution in [3.8, 4) is 0 Å². The molecular weight excluding hydrogens is 360 g/mol. The maximum Gasteiger partial charge on any atom is 0.408 e. The highest BCUT2D eigenvalue weighted by molar-refractivity contribution is 5.89. The normalized spacial score (nSPS) is 13.4. The molecule has 28 heavy (non-hydrogen) atoms. The molecule has 0 bridgehead atoms. The van der Waals surface area contributed by atoms with Gasteiger partial charge in [0.2, 0.25) is 5.91 Å². The van der Waals surface area contributed by atoms with Gasteiger partial charge >= 0.3 is 12.1 Å². The maximum absolute atomic E-state index is 12.8. The first-order chi connectivity index (χ1) is 13.0. The van der Waals surface area contributed by atoms with Gasteiger partial charge in [-0.2, -0.15) is 0 Å². The van der Waals surface area contributed by atoms with E-state index >= 15 is 0 Å². The lowest BCUT2D eigenvalue weighted by Crippen LogP contribution is -2.53. The summed E-state index contributed by atoms with van der Waals surface area (Å²) in [4.78, 5) is 37.1. The highest BCUT2D eigenvalue weighted by Gasteiger charge is 2.29. The fourth-order valence-corrected chi connectivity index (χ4v) is 2.61. The molecular formula is C21H32N2O5. The van der Waals surface area contributed by atoms with Gasteiger partial charge in [0.05, 0.1) is 7.11 Å². The van der Waals surface area contributed by atoms with Crippen molar-refractivity contribution in [2.24, 2.45) is 5.92 Å². The number of ether oxygens (including phenoxy) is 2. The zero-order valence-electron chi connectivity index (χ0n) is 17.6. The summed E-state index contributed by atoms with van der Waals surface area (Å²) in [6.45, 7) is 9.13. The number of esters is 1. The van der Waals surface area contributed by atoms with Crippen molar-refractivity contribution in [2.45, 2.75) is 65.1 Å². The number of hydrogen-bond donors (Lipinski definition) is 2. The molecule has 1 aromatic carbocycles. The molecule has 7 heteroatoms. The van der Waals surface area contributed by atoms with Crippen LogP contribution in [0.25, 0.3) is 0 Å². The van der Waals surface area contributed by atoms with Crippen LogP contribution in [0.3, 0.4) is 0 Å². The minimum Gasteiger partial charge on any atom is -0.467 e. The van der Waals surface area contributed by atoms with Crippen molar-refractivity contribution in [3.63, 3.8) is 0 Å². The van der Waals surface area contributed by atoms with Gasteiger partial charge in [0.1, 0.15) is 17.7 Å². The Bertz CT molecular complexity index is 653. The van der Waals surface area contributed by atoms with Crippen LogP contribution < -0.4 is 10.6 Å². The van der Waals surface area contributed by atoms with Crippen molar-refractivity contribution in [1.82, 2.24) is 10.6 Å². The van der Waals surface area contributed by atoms with Crippen molar-refractivity contribution in [2.75, 3.05) is 7.11 Å². The molecule has 0 aliphatic rings. The lowest BCUT2D eigenvalue weighted by molar-refractivity contribution is -0.145. The Morgan fingerprint density at radius 3 is 2.11 bits per heavy atom. The smallest absolute Gasteiger partial charge is 0.408 e. The second-order valence-electron chi connectivity index (χ2n) is 8.10. The average molecular weight is 392 g/mol. The molecule has 0 spiro atoms. The Morgan fingerprint density at radius 2 is 1.61 bits per heavy atom. The first-order valence-corrected chi connectivity index (χ1v) is 9.43. The largest absolute Gasteiger partial charge is 0.467 e. The topological polar surface area (TPSA) is 93.7 Å². The van der Waals surface area contributed by atoms with Gasteiger partial charge < -0.3 is 20.1 Å². The SMILES string of the molecule is COC(=O)[C@@H](Cc1ccccc1)NC(=O)[C@@H](CC(C)C)NC(=O)OC(C)(C)C. The molecule has 0 aliphatic carbocycles. The van der Waals surface area contributed by atoms with Crippen molar-refractivity contribution < 1.29 is 23.9 Å². The molecule has 0 heterocycles. The number of methoxy groups -OCH3 is 1. The molecule has 0 saturated heterocycles. The molecule has 0 aliphatic heterocycles. The van der Waals surface area contributed by atoms with Crippen LogP contribution >= 0.6 is 0 Å². The summed E-state index contributed by atoms with van der Waals surface area (Å²) in [5, 5.41) is 5.31. The van der Waals surface area contributed by atoms with Gasteiger partial charge in [-0.05, 0) is 38.7 Å². The monoisotopic (exact) mass is 392 g/mol. The Morgan fingerprint density at radius 1 is 1.00 bits per heavy atom. The second-order valence-corrected chi connectivity index (χ2v) is 8.10. The number of carbonyl (C=O) groups excluding carboxylic acids is 3. The van der Waals surface area contributed by atoms with E-state index in [0.717, 1.165) is 5.56 Å². The van der Waals surface area contributed by atoms with Gasteiger partial charge in [0.25, 0.3) is 0 Å². The van der Waals surface area contributed by atoms with E-state index in [1.54, 1.807) is 20.8 Å². The number of nitrogens with one attached hydrogen (secondary N) is 2. The van der Waals surface area contributed by atoms with Gasteiger partial charge in [-0.3, -0.25) is 4.79 Å². The van der Waals surface area contributed by atoms with Crippen molar-refractivity contribution in [3.05, 3.63) is 35.9 Å². The first-order valence-electron chi connectivity index (χ1n) is 9.43. The van der Waals surface area contributed by atoms with E-state index < -0.39 is 35.7 Å². The third kappa shape index (κ3) is 8.88. The Hall–Kier alpha value is -2.57. The Kier molecular flexibility index (Phi) is 8.96. The summed E-state index contributed by atoms with van der Waals surface area (Å²) in [7, 11) is 1.27. The number of carbonyl (C=O) groups is 3. The summed E-state index contributed by atoms with van der Waals surface area (Å²) in [6, 6.07) is 7.65. The second kappa shape index (κ2) is 10.7. The third-order valence-electron chi connectivity index (χ3n) is 3.80. The molecule has 2 N–H and O–H groups in total. The summed E-state index contributed by atoms with van der Waals surface area (Å²) < 4.78 is 10.1. The van der Waals surface area contributed by atoms with Crippen LogP contribution in [-0.4, -0.2) is 42.8 Å². The van der Waals surface area contributed by atoms with Crippen LogP contribution in [0.4, 0.5) is 4.79 Å². The number of rotatable bonds is 8. The molecule has 1 aromatic rings. The van der Waals surface area contributed by atoms with Crippen LogP contribution in [0.5, 0.6) is 0 Å². The number of benzene rings is 1. The minimum absolute atomic E-state index is 0.149. The van der Waals surface area contributed by atoms with Gasteiger partial charge in [-0.15, -0.1) is 0 Å². The zero-order chi connectivity index (χ0) is 21.3. The Balaban J connectivity index is 2.88. The maximum atomic E-state index is 12.8. The molecule has 2 amide bonds. The van der Waals surface area contributed by atoms with E-state index in [1.165, 1.54) is 7.11 Å². The predicted molar refractivity (Wildman–Crippen MR) is 107 cm³/mol. The summed E-state index contributed by atoms with van der Waals surface area (Å²) in [6.07, 6.45) is 0.0238. The third-order valence-corrected chi connectivity index (χ3v) is 3.80. The van der Waals surface area contributed by atoms with Crippen molar-refractivity contribution in [1.29, 1.82) is 0 Å². The lowest BCUT2D eigenvalue weighted by Gasteiger charge is -2.25. The van der Waals surface area contributed by atoms with Crippen LogP contribution in [-0.2, 0) is 25.5 Å². The number of hydrogen-bond acceptors (Lipinski definition) is 5. The molecule has 0 radical (unpaired) electrons.